The molecule has 0 amide bonds. The number of esters is 1. The second-order valence-electron chi connectivity index (χ2n) is 5.88. The second-order valence-corrected chi connectivity index (χ2v) is 7.57. The van der Waals surface area contributed by atoms with Crippen molar-refractivity contribution in [3.63, 3.8) is 0 Å². The standard InChI is InChI=1S/C17H24O3S/c1-6-20-16(19)17(4,5)21-14-9-7-13(8-10-14)15(18)11-12(2)3/h7-10,12H,6,11H2,1-5H3. The van der Waals surface area contributed by atoms with Gasteiger partial charge in [-0.05, 0) is 38.8 Å². The number of hydrogen-bond donors (Lipinski definition) is 0. The Balaban J connectivity index is 2.74. The molecule has 0 atom stereocenters. The molecule has 0 saturated heterocycles. The summed E-state index contributed by atoms with van der Waals surface area (Å²) in [6, 6.07) is 7.43. The number of carbonyl (C=O) groups excluding carboxylic acids is 2. The van der Waals surface area contributed by atoms with Crippen LogP contribution in [0.1, 0.15) is 51.4 Å². The molecule has 3 nitrogen and oxygen atoms in total. The van der Waals surface area contributed by atoms with Crippen LogP contribution in [0.15, 0.2) is 29.2 Å². The number of Topliss-reactive ketones (excluding diaryl/α,β-unsaturated/α-hetero) is 1. The van der Waals surface area contributed by atoms with Crippen LogP contribution in [0.5, 0.6) is 0 Å². The molecule has 0 aliphatic rings. The van der Waals surface area contributed by atoms with E-state index in [1.54, 1.807) is 6.92 Å². The molecule has 21 heavy (non-hydrogen) atoms. The zero-order chi connectivity index (χ0) is 16.0. The summed E-state index contributed by atoms with van der Waals surface area (Å²) in [6.07, 6.45) is 0.556. The van der Waals surface area contributed by atoms with Gasteiger partial charge in [-0.25, -0.2) is 0 Å². The van der Waals surface area contributed by atoms with Crippen molar-refractivity contribution in [2.75, 3.05) is 6.61 Å². The largest absolute Gasteiger partial charge is 0.465 e. The van der Waals surface area contributed by atoms with Gasteiger partial charge in [-0.15, -0.1) is 11.8 Å². The number of benzene rings is 1. The molecule has 1 rings (SSSR count). The number of carbonyl (C=O) groups is 2. The van der Waals surface area contributed by atoms with Gasteiger partial charge in [0.05, 0.1) is 6.61 Å². The minimum Gasteiger partial charge on any atom is -0.465 e. The lowest BCUT2D eigenvalue weighted by molar-refractivity contribution is -0.145. The molecule has 0 spiro atoms. The fourth-order valence-corrected chi connectivity index (χ4v) is 2.84. The Morgan fingerprint density at radius 1 is 1.19 bits per heavy atom. The molecule has 0 aromatic heterocycles. The molecule has 0 unspecified atom stereocenters. The molecule has 1 aromatic carbocycles. The van der Waals surface area contributed by atoms with Crippen LogP contribution in [-0.4, -0.2) is 23.1 Å². The van der Waals surface area contributed by atoms with Gasteiger partial charge in [-0.2, -0.15) is 0 Å². The van der Waals surface area contributed by atoms with Crippen molar-refractivity contribution in [1.29, 1.82) is 0 Å². The molecule has 116 valence electrons. The van der Waals surface area contributed by atoms with E-state index in [1.165, 1.54) is 11.8 Å². The Morgan fingerprint density at radius 2 is 1.76 bits per heavy atom. The van der Waals surface area contributed by atoms with Gasteiger partial charge in [0.25, 0.3) is 0 Å². The molecule has 1 aromatic rings. The number of thioether (sulfide) groups is 1. The van der Waals surface area contributed by atoms with Crippen molar-refractivity contribution in [2.24, 2.45) is 5.92 Å². The second kappa shape index (κ2) is 7.64. The smallest absolute Gasteiger partial charge is 0.321 e. The van der Waals surface area contributed by atoms with Crippen LogP contribution in [0, 0.1) is 5.92 Å². The first-order valence-corrected chi connectivity index (χ1v) is 8.07. The molecule has 0 heterocycles. The first kappa shape index (κ1) is 17.8. The molecular formula is C17H24O3S. The quantitative estimate of drug-likeness (QED) is 0.427. The highest BCUT2D eigenvalue weighted by atomic mass is 32.2. The maximum Gasteiger partial charge on any atom is 0.321 e. The van der Waals surface area contributed by atoms with Crippen LogP contribution in [-0.2, 0) is 9.53 Å². The molecule has 4 heteroatoms. The minimum absolute atomic E-state index is 0.159. The van der Waals surface area contributed by atoms with Crippen LogP contribution in [0.4, 0.5) is 0 Å². The zero-order valence-electron chi connectivity index (χ0n) is 13.4. The highest BCUT2D eigenvalue weighted by molar-refractivity contribution is 8.01. The first-order valence-electron chi connectivity index (χ1n) is 7.25. The summed E-state index contributed by atoms with van der Waals surface area (Å²) in [5, 5.41) is 0. The van der Waals surface area contributed by atoms with Gasteiger partial charge in [0, 0.05) is 16.9 Å². The van der Waals surface area contributed by atoms with E-state index in [0.717, 1.165) is 10.5 Å². The van der Waals surface area contributed by atoms with E-state index in [4.69, 9.17) is 4.74 Å². The van der Waals surface area contributed by atoms with E-state index in [9.17, 15) is 9.59 Å². The monoisotopic (exact) mass is 308 g/mol. The Hall–Kier alpha value is -1.29. The average molecular weight is 308 g/mol. The van der Waals surface area contributed by atoms with E-state index in [0.29, 0.717) is 18.9 Å². The molecule has 0 saturated carbocycles. The van der Waals surface area contributed by atoms with E-state index >= 15 is 0 Å². The highest BCUT2D eigenvalue weighted by Gasteiger charge is 2.30. The summed E-state index contributed by atoms with van der Waals surface area (Å²) in [6.45, 7) is 9.92. The molecular weight excluding hydrogens is 284 g/mol. The summed E-state index contributed by atoms with van der Waals surface area (Å²) in [7, 11) is 0. The van der Waals surface area contributed by atoms with Crippen LogP contribution >= 0.6 is 11.8 Å². The summed E-state index contributed by atoms with van der Waals surface area (Å²) in [5.41, 5.74) is 0.724. The topological polar surface area (TPSA) is 43.4 Å². The lowest BCUT2D eigenvalue weighted by Gasteiger charge is -2.21. The number of hydrogen-bond acceptors (Lipinski definition) is 4. The summed E-state index contributed by atoms with van der Waals surface area (Å²) < 4.78 is 4.43. The molecule has 0 fully saturated rings. The summed E-state index contributed by atoms with van der Waals surface area (Å²) in [5.74, 6) is 0.287. The molecule has 0 bridgehead atoms. The van der Waals surface area contributed by atoms with Gasteiger partial charge in [0.15, 0.2) is 5.78 Å². The van der Waals surface area contributed by atoms with Gasteiger partial charge < -0.3 is 4.74 Å². The van der Waals surface area contributed by atoms with Gasteiger partial charge in [-0.3, -0.25) is 9.59 Å². The highest BCUT2D eigenvalue weighted by Crippen LogP contribution is 2.33. The van der Waals surface area contributed by atoms with Crippen LogP contribution < -0.4 is 0 Å². The van der Waals surface area contributed by atoms with Crippen LogP contribution in [0.25, 0.3) is 0 Å². The maximum absolute atomic E-state index is 12.0. The van der Waals surface area contributed by atoms with E-state index in [-0.39, 0.29) is 11.8 Å². The van der Waals surface area contributed by atoms with Crippen LogP contribution in [0.2, 0.25) is 0 Å². The van der Waals surface area contributed by atoms with Crippen molar-refractivity contribution < 1.29 is 14.3 Å². The van der Waals surface area contributed by atoms with Gasteiger partial charge in [0.1, 0.15) is 4.75 Å². The predicted octanol–water partition coefficient (Wildman–Crippen LogP) is 4.35. The third-order valence-corrected chi connectivity index (χ3v) is 4.09. The number of ether oxygens (including phenoxy) is 1. The maximum atomic E-state index is 12.0. The van der Waals surface area contributed by atoms with E-state index in [1.807, 2.05) is 52.0 Å². The van der Waals surface area contributed by atoms with Crippen molar-refractivity contribution >= 4 is 23.5 Å². The Labute approximate surface area is 131 Å². The lowest BCUT2D eigenvalue weighted by atomic mass is 10.0. The summed E-state index contributed by atoms with van der Waals surface area (Å²) in [4.78, 5) is 24.8. The predicted molar refractivity (Wildman–Crippen MR) is 86.8 cm³/mol. The first-order chi connectivity index (χ1) is 9.76. The fourth-order valence-electron chi connectivity index (χ4n) is 1.84. The fraction of sp³-hybridized carbons (Fsp3) is 0.529. The molecule has 0 aliphatic heterocycles. The van der Waals surface area contributed by atoms with Crippen molar-refractivity contribution in [2.45, 2.75) is 50.7 Å². The van der Waals surface area contributed by atoms with Gasteiger partial charge in [0.2, 0.25) is 0 Å². The Kier molecular flexibility index (Phi) is 6.46. The Morgan fingerprint density at radius 3 is 2.24 bits per heavy atom. The normalized spacial score (nSPS) is 11.5. The molecule has 0 aliphatic carbocycles. The van der Waals surface area contributed by atoms with Crippen molar-refractivity contribution in [3.8, 4) is 0 Å². The minimum atomic E-state index is -0.639. The average Bonchev–Trinajstić information content (AvgIpc) is 2.38. The van der Waals surface area contributed by atoms with Crippen molar-refractivity contribution in [1.82, 2.24) is 0 Å². The van der Waals surface area contributed by atoms with E-state index in [2.05, 4.69) is 0 Å². The SMILES string of the molecule is CCOC(=O)C(C)(C)Sc1ccc(C(=O)CC(C)C)cc1. The third kappa shape index (κ3) is 5.54. The zero-order valence-corrected chi connectivity index (χ0v) is 14.3. The third-order valence-electron chi connectivity index (χ3n) is 2.91. The van der Waals surface area contributed by atoms with Crippen molar-refractivity contribution in [3.05, 3.63) is 29.8 Å². The lowest BCUT2D eigenvalue weighted by Crippen LogP contribution is -2.29. The van der Waals surface area contributed by atoms with Gasteiger partial charge >= 0.3 is 5.97 Å². The molecule has 0 radical (unpaired) electrons. The molecule has 0 N–H and O–H groups in total. The number of rotatable bonds is 7. The Bertz CT molecular complexity index is 489. The van der Waals surface area contributed by atoms with Gasteiger partial charge in [-0.1, -0.05) is 26.0 Å². The van der Waals surface area contributed by atoms with Crippen LogP contribution in [0.3, 0.4) is 0 Å². The summed E-state index contributed by atoms with van der Waals surface area (Å²) >= 11 is 1.44. The number of ketones is 1. The van der Waals surface area contributed by atoms with E-state index < -0.39 is 4.75 Å².